The molecule has 1 aliphatic heterocycles. The van der Waals surface area contributed by atoms with E-state index < -0.39 is 11.7 Å². The molecular formula is C17H24ClN3O3. The van der Waals surface area contributed by atoms with Crippen molar-refractivity contribution >= 4 is 23.6 Å². The lowest BCUT2D eigenvalue weighted by Gasteiger charge is -2.33. The summed E-state index contributed by atoms with van der Waals surface area (Å²) in [5.41, 5.74) is 0.604. The van der Waals surface area contributed by atoms with Gasteiger partial charge in [0.25, 0.3) is 5.91 Å². The van der Waals surface area contributed by atoms with E-state index in [1.165, 1.54) is 0 Å². The highest BCUT2D eigenvalue weighted by Gasteiger charge is 2.28. The SMILES string of the molecule is Cc1nc(Cl)ccc1C(=O)N1CCCC(NC(=O)OC(C)(C)C)C1. The summed E-state index contributed by atoms with van der Waals surface area (Å²) >= 11 is 5.84. The van der Waals surface area contributed by atoms with Crippen LogP contribution in [-0.4, -0.2) is 46.6 Å². The molecule has 1 aromatic heterocycles. The van der Waals surface area contributed by atoms with Crippen LogP contribution in [0.5, 0.6) is 0 Å². The van der Waals surface area contributed by atoms with E-state index in [1.807, 2.05) is 20.8 Å². The number of likely N-dealkylation sites (tertiary alicyclic amines) is 1. The van der Waals surface area contributed by atoms with Crippen LogP contribution < -0.4 is 5.32 Å². The highest BCUT2D eigenvalue weighted by atomic mass is 35.5. The second-order valence-corrected chi connectivity index (χ2v) is 7.39. The molecule has 0 bridgehead atoms. The van der Waals surface area contributed by atoms with Gasteiger partial charge in [0.2, 0.25) is 0 Å². The van der Waals surface area contributed by atoms with Crippen LogP contribution in [0.15, 0.2) is 12.1 Å². The highest BCUT2D eigenvalue weighted by Crippen LogP contribution is 2.18. The topological polar surface area (TPSA) is 71.5 Å². The Kier molecular flexibility index (Phi) is 5.70. The molecule has 24 heavy (non-hydrogen) atoms. The number of rotatable bonds is 2. The molecule has 132 valence electrons. The smallest absolute Gasteiger partial charge is 0.407 e. The summed E-state index contributed by atoms with van der Waals surface area (Å²) in [6.07, 6.45) is 1.19. The molecule has 2 amide bonds. The highest BCUT2D eigenvalue weighted by molar-refractivity contribution is 6.29. The van der Waals surface area contributed by atoms with Gasteiger partial charge in [-0.3, -0.25) is 4.79 Å². The maximum Gasteiger partial charge on any atom is 0.407 e. The quantitative estimate of drug-likeness (QED) is 0.829. The fourth-order valence-electron chi connectivity index (χ4n) is 2.68. The van der Waals surface area contributed by atoms with Crippen LogP contribution in [0.1, 0.15) is 49.7 Å². The number of nitrogens with zero attached hydrogens (tertiary/aromatic N) is 2. The molecule has 1 saturated heterocycles. The maximum atomic E-state index is 12.7. The van der Waals surface area contributed by atoms with Crippen molar-refractivity contribution in [2.45, 2.75) is 52.2 Å². The first kappa shape index (κ1) is 18.5. The van der Waals surface area contributed by atoms with Gasteiger partial charge in [-0.2, -0.15) is 0 Å². The standard InChI is InChI=1S/C17H24ClN3O3/c1-11-13(7-8-14(18)19-11)15(22)21-9-5-6-12(10-21)20-16(23)24-17(2,3)4/h7-8,12H,5-6,9-10H2,1-4H3,(H,20,23). The van der Waals surface area contributed by atoms with Gasteiger partial charge in [-0.1, -0.05) is 11.6 Å². The summed E-state index contributed by atoms with van der Waals surface area (Å²) in [4.78, 5) is 30.5. The number of piperidine rings is 1. The van der Waals surface area contributed by atoms with Gasteiger partial charge < -0.3 is 15.0 Å². The van der Waals surface area contributed by atoms with Gasteiger partial charge in [0.05, 0.1) is 11.3 Å². The largest absolute Gasteiger partial charge is 0.444 e. The number of aryl methyl sites for hydroxylation is 1. The molecule has 1 aromatic rings. The summed E-state index contributed by atoms with van der Waals surface area (Å²) in [5.74, 6) is -0.0904. The summed E-state index contributed by atoms with van der Waals surface area (Å²) in [5, 5.41) is 3.21. The van der Waals surface area contributed by atoms with Crippen LogP contribution >= 0.6 is 11.6 Å². The van der Waals surface area contributed by atoms with E-state index in [1.54, 1.807) is 24.0 Å². The fraction of sp³-hybridized carbons (Fsp3) is 0.588. The van der Waals surface area contributed by atoms with E-state index in [9.17, 15) is 9.59 Å². The minimum Gasteiger partial charge on any atom is -0.444 e. The first-order valence-electron chi connectivity index (χ1n) is 8.07. The Hall–Kier alpha value is -1.82. The zero-order chi connectivity index (χ0) is 17.9. The molecule has 1 N–H and O–H groups in total. The van der Waals surface area contributed by atoms with Gasteiger partial charge in [0.15, 0.2) is 0 Å². The van der Waals surface area contributed by atoms with Gasteiger partial charge in [-0.25, -0.2) is 9.78 Å². The first-order chi connectivity index (χ1) is 11.2. The molecule has 0 aliphatic carbocycles. The molecule has 1 unspecified atom stereocenters. The van der Waals surface area contributed by atoms with Crippen LogP contribution in [0.4, 0.5) is 4.79 Å². The van der Waals surface area contributed by atoms with Gasteiger partial charge in [0.1, 0.15) is 10.8 Å². The average Bonchev–Trinajstić information content (AvgIpc) is 2.44. The van der Waals surface area contributed by atoms with Gasteiger partial charge in [-0.05, 0) is 52.7 Å². The summed E-state index contributed by atoms with van der Waals surface area (Å²) < 4.78 is 5.27. The zero-order valence-electron chi connectivity index (χ0n) is 14.6. The van der Waals surface area contributed by atoms with Crippen molar-refractivity contribution in [1.82, 2.24) is 15.2 Å². The van der Waals surface area contributed by atoms with E-state index in [4.69, 9.17) is 16.3 Å². The third kappa shape index (κ3) is 5.09. The monoisotopic (exact) mass is 353 g/mol. The molecular weight excluding hydrogens is 330 g/mol. The van der Waals surface area contributed by atoms with Crippen LogP contribution in [0.25, 0.3) is 0 Å². The first-order valence-corrected chi connectivity index (χ1v) is 8.45. The average molecular weight is 354 g/mol. The fourth-order valence-corrected chi connectivity index (χ4v) is 2.87. The van der Waals surface area contributed by atoms with Crippen molar-refractivity contribution in [2.75, 3.05) is 13.1 Å². The number of carbonyl (C=O) groups is 2. The third-order valence-corrected chi connectivity index (χ3v) is 3.92. The maximum absolute atomic E-state index is 12.7. The third-order valence-electron chi connectivity index (χ3n) is 3.71. The van der Waals surface area contributed by atoms with Crippen LogP contribution in [-0.2, 0) is 4.74 Å². The number of carbonyl (C=O) groups excluding carboxylic acids is 2. The number of alkyl carbamates (subject to hydrolysis) is 1. The number of ether oxygens (including phenoxy) is 1. The number of hydrogen-bond acceptors (Lipinski definition) is 4. The normalized spacial score (nSPS) is 18.2. The number of nitrogens with one attached hydrogen (secondary N) is 1. The minimum absolute atomic E-state index is 0.0904. The Morgan fingerprint density at radius 3 is 2.71 bits per heavy atom. The molecule has 1 atom stereocenters. The molecule has 2 heterocycles. The Labute approximate surface area is 147 Å². The summed E-state index contributed by atoms with van der Waals surface area (Å²) in [6.45, 7) is 8.34. The van der Waals surface area contributed by atoms with Gasteiger partial charge >= 0.3 is 6.09 Å². The van der Waals surface area contributed by atoms with E-state index in [0.29, 0.717) is 29.5 Å². The number of amides is 2. The number of halogens is 1. The van der Waals surface area contributed by atoms with Crippen molar-refractivity contribution in [1.29, 1.82) is 0 Å². The molecule has 0 aromatic carbocycles. The van der Waals surface area contributed by atoms with Crippen LogP contribution in [0.2, 0.25) is 5.15 Å². The lowest BCUT2D eigenvalue weighted by Crippen LogP contribution is -2.50. The van der Waals surface area contributed by atoms with E-state index in [-0.39, 0.29) is 11.9 Å². The van der Waals surface area contributed by atoms with E-state index in [0.717, 1.165) is 12.8 Å². The van der Waals surface area contributed by atoms with Crippen molar-refractivity contribution in [3.63, 3.8) is 0 Å². The predicted octanol–water partition coefficient (Wildman–Crippen LogP) is 3.17. The molecule has 2 rings (SSSR count). The van der Waals surface area contributed by atoms with Crippen LogP contribution in [0, 0.1) is 6.92 Å². The van der Waals surface area contributed by atoms with Gasteiger partial charge in [0, 0.05) is 19.1 Å². The Morgan fingerprint density at radius 1 is 1.38 bits per heavy atom. The minimum atomic E-state index is -0.541. The van der Waals surface area contributed by atoms with Crippen molar-refractivity contribution in [2.24, 2.45) is 0 Å². The summed E-state index contributed by atoms with van der Waals surface area (Å²) in [6, 6.07) is 3.19. The molecule has 0 saturated carbocycles. The lowest BCUT2D eigenvalue weighted by atomic mass is 10.0. The second kappa shape index (κ2) is 7.38. The lowest BCUT2D eigenvalue weighted by molar-refractivity contribution is 0.0452. The number of aromatic nitrogens is 1. The van der Waals surface area contributed by atoms with Crippen molar-refractivity contribution in [3.05, 3.63) is 28.5 Å². The Balaban J connectivity index is 1.99. The van der Waals surface area contributed by atoms with Gasteiger partial charge in [-0.15, -0.1) is 0 Å². The van der Waals surface area contributed by atoms with Crippen molar-refractivity contribution < 1.29 is 14.3 Å². The summed E-state index contributed by atoms with van der Waals surface area (Å²) in [7, 11) is 0. The molecule has 0 spiro atoms. The predicted molar refractivity (Wildman–Crippen MR) is 92.3 cm³/mol. The molecule has 0 radical (unpaired) electrons. The molecule has 1 fully saturated rings. The van der Waals surface area contributed by atoms with E-state index in [2.05, 4.69) is 10.3 Å². The Morgan fingerprint density at radius 2 is 2.08 bits per heavy atom. The van der Waals surface area contributed by atoms with E-state index >= 15 is 0 Å². The number of pyridine rings is 1. The zero-order valence-corrected chi connectivity index (χ0v) is 15.3. The number of hydrogen-bond donors (Lipinski definition) is 1. The Bertz CT molecular complexity index is 628. The van der Waals surface area contributed by atoms with Crippen LogP contribution in [0.3, 0.4) is 0 Å². The van der Waals surface area contributed by atoms with Crippen molar-refractivity contribution in [3.8, 4) is 0 Å². The molecule has 1 aliphatic rings. The second-order valence-electron chi connectivity index (χ2n) is 7.00. The molecule has 6 nitrogen and oxygen atoms in total. The molecule has 7 heteroatoms.